The van der Waals surface area contributed by atoms with Crippen molar-refractivity contribution in [1.29, 1.82) is 0 Å². The largest absolute Gasteiger partial charge is 0.352 e. The molecule has 1 fully saturated rings. The van der Waals surface area contributed by atoms with E-state index in [0.29, 0.717) is 30.1 Å². The van der Waals surface area contributed by atoms with Gasteiger partial charge in [0.25, 0.3) is 5.91 Å². The van der Waals surface area contributed by atoms with Crippen molar-refractivity contribution in [2.45, 2.75) is 45.6 Å². The number of aromatic nitrogens is 2. The molecule has 1 aromatic carbocycles. The van der Waals surface area contributed by atoms with Crippen LogP contribution in [0.4, 0.5) is 0 Å². The Balaban J connectivity index is 1.73. The summed E-state index contributed by atoms with van der Waals surface area (Å²) >= 11 is 6.07. The minimum atomic E-state index is -0.0461. The molecule has 6 nitrogen and oxygen atoms in total. The number of hydrogen-bond donors (Lipinski definition) is 1. The second kappa shape index (κ2) is 8.57. The first-order valence-electron chi connectivity index (χ1n) is 9.38. The zero-order valence-corrected chi connectivity index (χ0v) is 16.5. The summed E-state index contributed by atoms with van der Waals surface area (Å²) in [6, 6.07) is 7.40. The molecular formula is C20H25ClN4O2. The normalized spacial score (nSPS) is 17.0. The molecule has 1 aliphatic rings. The molecule has 0 aliphatic carbocycles. The molecule has 1 N–H and O–H groups in total. The molecule has 1 aromatic heterocycles. The third-order valence-corrected chi connectivity index (χ3v) is 5.08. The molecule has 2 aromatic rings. The predicted molar refractivity (Wildman–Crippen MR) is 105 cm³/mol. The van der Waals surface area contributed by atoms with Gasteiger partial charge in [-0.25, -0.2) is 4.68 Å². The molecular weight excluding hydrogens is 364 g/mol. The van der Waals surface area contributed by atoms with Crippen LogP contribution in [0, 0.1) is 6.92 Å². The van der Waals surface area contributed by atoms with Gasteiger partial charge >= 0.3 is 0 Å². The summed E-state index contributed by atoms with van der Waals surface area (Å²) < 4.78 is 1.73. The van der Waals surface area contributed by atoms with E-state index in [2.05, 4.69) is 10.4 Å². The van der Waals surface area contributed by atoms with Crippen molar-refractivity contribution >= 4 is 23.4 Å². The number of hydrogen-bond acceptors (Lipinski definition) is 3. The van der Waals surface area contributed by atoms with Gasteiger partial charge < -0.3 is 10.2 Å². The van der Waals surface area contributed by atoms with Gasteiger partial charge in [-0.1, -0.05) is 24.6 Å². The average molecular weight is 389 g/mol. The van der Waals surface area contributed by atoms with Gasteiger partial charge in [0.15, 0.2) is 0 Å². The number of nitrogens with zero attached hydrogens (tertiary/aromatic N) is 3. The zero-order valence-electron chi connectivity index (χ0n) is 15.7. The first-order valence-corrected chi connectivity index (χ1v) is 9.76. The van der Waals surface area contributed by atoms with Crippen LogP contribution in [0.3, 0.4) is 0 Å². The van der Waals surface area contributed by atoms with Crippen molar-refractivity contribution in [2.24, 2.45) is 0 Å². The highest BCUT2D eigenvalue weighted by molar-refractivity contribution is 6.30. The summed E-state index contributed by atoms with van der Waals surface area (Å²) in [5, 5.41) is 8.04. The van der Waals surface area contributed by atoms with Crippen molar-refractivity contribution in [3.05, 3.63) is 46.7 Å². The summed E-state index contributed by atoms with van der Waals surface area (Å²) in [5.74, 6) is 0.0111. The maximum Gasteiger partial charge on any atom is 0.257 e. The fourth-order valence-corrected chi connectivity index (χ4v) is 3.65. The molecule has 7 heteroatoms. The quantitative estimate of drug-likeness (QED) is 0.854. The first kappa shape index (κ1) is 19.4. The van der Waals surface area contributed by atoms with E-state index in [1.165, 1.54) is 0 Å². The molecule has 0 saturated carbocycles. The van der Waals surface area contributed by atoms with Crippen molar-refractivity contribution in [3.63, 3.8) is 0 Å². The molecule has 27 heavy (non-hydrogen) atoms. The smallest absolute Gasteiger partial charge is 0.257 e. The maximum atomic E-state index is 13.0. The summed E-state index contributed by atoms with van der Waals surface area (Å²) in [4.78, 5) is 26.7. The Bertz CT molecular complexity index is 833. The minimum absolute atomic E-state index is 0.0185. The van der Waals surface area contributed by atoms with E-state index in [1.54, 1.807) is 16.9 Å². The van der Waals surface area contributed by atoms with Gasteiger partial charge in [0.05, 0.1) is 23.1 Å². The SMILES string of the molecule is CCCC(=O)NC1CCCN(C(=O)c2cnn(-c3cccc(Cl)c3)c2C)C1. The average Bonchev–Trinajstić information content (AvgIpc) is 3.03. The minimum Gasteiger partial charge on any atom is -0.352 e. The fraction of sp³-hybridized carbons (Fsp3) is 0.450. The monoisotopic (exact) mass is 388 g/mol. The number of benzene rings is 1. The van der Waals surface area contributed by atoms with E-state index in [9.17, 15) is 9.59 Å². The highest BCUT2D eigenvalue weighted by Gasteiger charge is 2.27. The number of rotatable bonds is 5. The molecule has 0 bridgehead atoms. The number of carbonyl (C=O) groups is 2. The summed E-state index contributed by atoms with van der Waals surface area (Å²) in [5.41, 5.74) is 2.18. The predicted octanol–water partition coefficient (Wildman–Crippen LogP) is 3.36. The molecule has 1 unspecified atom stereocenters. The van der Waals surface area contributed by atoms with Crippen LogP contribution >= 0.6 is 11.6 Å². The van der Waals surface area contributed by atoms with Crippen molar-refractivity contribution < 1.29 is 9.59 Å². The topological polar surface area (TPSA) is 67.2 Å². The van der Waals surface area contributed by atoms with Crippen LogP contribution in [0.2, 0.25) is 5.02 Å². The van der Waals surface area contributed by atoms with E-state index < -0.39 is 0 Å². The third-order valence-electron chi connectivity index (χ3n) is 4.84. The van der Waals surface area contributed by atoms with Gasteiger partial charge in [-0.05, 0) is 44.4 Å². The van der Waals surface area contributed by atoms with Crippen LogP contribution < -0.4 is 5.32 Å². The Morgan fingerprint density at radius 1 is 1.37 bits per heavy atom. The van der Waals surface area contributed by atoms with Crippen LogP contribution in [0.1, 0.15) is 48.7 Å². The van der Waals surface area contributed by atoms with Crippen LogP contribution in [0.15, 0.2) is 30.5 Å². The van der Waals surface area contributed by atoms with Gasteiger partial charge in [-0.3, -0.25) is 9.59 Å². The molecule has 1 saturated heterocycles. The lowest BCUT2D eigenvalue weighted by Crippen LogP contribution is -2.49. The van der Waals surface area contributed by atoms with E-state index in [4.69, 9.17) is 11.6 Å². The molecule has 144 valence electrons. The van der Waals surface area contributed by atoms with Gasteiger partial charge in [-0.15, -0.1) is 0 Å². The number of halogens is 1. The lowest BCUT2D eigenvalue weighted by Gasteiger charge is -2.33. The third kappa shape index (κ3) is 4.50. The molecule has 2 heterocycles. The number of amides is 2. The maximum absolute atomic E-state index is 13.0. The fourth-order valence-electron chi connectivity index (χ4n) is 3.46. The highest BCUT2D eigenvalue weighted by Crippen LogP contribution is 2.20. The van der Waals surface area contributed by atoms with Crippen LogP contribution in [0.5, 0.6) is 0 Å². The van der Waals surface area contributed by atoms with Crippen LogP contribution in [-0.4, -0.2) is 45.6 Å². The van der Waals surface area contributed by atoms with Gasteiger partial charge in [0.1, 0.15) is 0 Å². The number of likely N-dealkylation sites (tertiary alicyclic amines) is 1. The summed E-state index contributed by atoms with van der Waals surface area (Å²) in [6.45, 7) is 5.10. The van der Waals surface area contributed by atoms with E-state index in [0.717, 1.165) is 30.6 Å². The Hall–Kier alpha value is -2.34. The van der Waals surface area contributed by atoms with E-state index in [1.807, 2.05) is 36.9 Å². The van der Waals surface area contributed by atoms with Crippen LogP contribution in [-0.2, 0) is 4.79 Å². The molecule has 1 aliphatic heterocycles. The number of piperidine rings is 1. The van der Waals surface area contributed by atoms with E-state index >= 15 is 0 Å². The van der Waals surface area contributed by atoms with Gasteiger partial charge in [0.2, 0.25) is 5.91 Å². The molecule has 0 radical (unpaired) electrons. The lowest BCUT2D eigenvalue weighted by atomic mass is 10.0. The lowest BCUT2D eigenvalue weighted by molar-refractivity contribution is -0.122. The molecule has 2 amide bonds. The summed E-state index contributed by atoms with van der Waals surface area (Å²) in [7, 11) is 0. The first-order chi connectivity index (χ1) is 13.0. The molecule has 3 rings (SSSR count). The van der Waals surface area contributed by atoms with Gasteiger partial charge in [-0.2, -0.15) is 5.10 Å². The Labute approximate surface area is 164 Å². The van der Waals surface area contributed by atoms with E-state index in [-0.39, 0.29) is 17.9 Å². The Kier molecular flexibility index (Phi) is 6.16. The van der Waals surface area contributed by atoms with Crippen molar-refractivity contribution in [3.8, 4) is 5.69 Å². The van der Waals surface area contributed by atoms with Crippen molar-refractivity contribution in [2.75, 3.05) is 13.1 Å². The van der Waals surface area contributed by atoms with Gasteiger partial charge in [0, 0.05) is 30.6 Å². The van der Waals surface area contributed by atoms with Crippen molar-refractivity contribution in [1.82, 2.24) is 20.0 Å². The molecule has 1 atom stereocenters. The number of nitrogens with one attached hydrogen (secondary N) is 1. The Morgan fingerprint density at radius 2 is 2.19 bits per heavy atom. The highest BCUT2D eigenvalue weighted by atomic mass is 35.5. The second-order valence-corrected chi connectivity index (χ2v) is 7.38. The van der Waals surface area contributed by atoms with Crippen LogP contribution in [0.25, 0.3) is 5.69 Å². The zero-order chi connectivity index (χ0) is 19.4. The second-order valence-electron chi connectivity index (χ2n) is 6.94. The number of carbonyl (C=O) groups excluding carboxylic acids is 2. The summed E-state index contributed by atoms with van der Waals surface area (Å²) in [6.07, 6.45) is 4.74. The molecule has 0 spiro atoms. The Morgan fingerprint density at radius 3 is 2.93 bits per heavy atom. The standard InChI is InChI=1S/C20H25ClN4O2/c1-3-6-19(26)23-16-8-5-10-24(13-16)20(27)18-12-22-25(14(18)2)17-9-4-7-15(21)11-17/h4,7,9,11-12,16H,3,5-6,8,10,13H2,1-2H3,(H,23,26).